The van der Waals surface area contributed by atoms with Crippen LogP contribution >= 0.6 is 0 Å². The summed E-state index contributed by atoms with van der Waals surface area (Å²) in [5.41, 5.74) is -0.227. The minimum atomic E-state index is -0.227. The summed E-state index contributed by atoms with van der Waals surface area (Å²) in [6.07, 6.45) is 1.76. The summed E-state index contributed by atoms with van der Waals surface area (Å²) in [4.78, 5) is 11.7. The number of methoxy groups -OCH3 is 1. The van der Waals surface area contributed by atoms with Crippen molar-refractivity contribution in [2.24, 2.45) is 5.92 Å². The Labute approximate surface area is 97.7 Å². The molecule has 1 fully saturated rings. The number of ether oxygens (including phenoxy) is 2. The summed E-state index contributed by atoms with van der Waals surface area (Å²) in [5.74, 6) is 0.250. The van der Waals surface area contributed by atoms with Gasteiger partial charge in [-0.05, 0) is 32.7 Å². The molecule has 16 heavy (non-hydrogen) atoms. The smallest absolute Gasteiger partial charge is 0.323 e. The van der Waals surface area contributed by atoms with Gasteiger partial charge >= 0.3 is 5.97 Å². The van der Waals surface area contributed by atoms with Crippen LogP contribution in [0, 0.1) is 5.92 Å². The van der Waals surface area contributed by atoms with Gasteiger partial charge in [-0.3, -0.25) is 4.79 Å². The maximum Gasteiger partial charge on any atom is 0.323 e. The van der Waals surface area contributed by atoms with E-state index < -0.39 is 0 Å². The average Bonchev–Trinajstić information content (AvgIpc) is 2.64. The zero-order valence-corrected chi connectivity index (χ0v) is 10.7. The van der Waals surface area contributed by atoms with Gasteiger partial charge in [-0.1, -0.05) is 6.92 Å². The first-order valence-corrected chi connectivity index (χ1v) is 5.91. The fraction of sp³-hybridized carbons (Fsp3) is 0.917. The van der Waals surface area contributed by atoms with Gasteiger partial charge in [0.15, 0.2) is 0 Å². The number of carbonyl (C=O) groups excluding carboxylic acids is 1. The molecule has 0 amide bonds. The molecule has 2 unspecified atom stereocenters. The molecular weight excluding hydrogens is 206 g/mol. The molecule has 0 saturated carbocycles. The summed E-state index contributed by atoms with van der Waals surface area (Å²) in [6, 6.07) is -0.120. The summed E-state index contributed by atoms with van der Waals surface area (Å²) < 4.78 is 10.5. The van der Waals surface area contributed by atoms with Gasteiger partial charge in [0.25, 0.3) is 0 Å². The lowest BCUT2D eigenvalue weighted by Gasteiger charge is -2.23. The van der Waals surface area contributed by atoms with Crippen molar-refractivity contribution >= 4 is 5.97 Å². The summed E-state index contributed by atoms with van der Waals surface area (Å²) in [7, 11) is 1.67. The molecule has 1 N–H and O–H groups in total. The van der Waals surface area contributed by atoms with Crippen LogP contribution in [0.4, 0.5) is 0 Å². The number of carbonyl (C=O) groups is 1. The zero-order chi connectivity index (χ0) is 12.2. The average molecular weight is 229 g/mol. The molecule has 0 aromatic rings. The maximum absolute atomic E-state index is 11.7. The van der Waals surface area contributed by atoms with Crippen LogP contribution in [0.1, 0.15) is 33.6 Å². The third kappa shape index (κ3) is 3.76. The summed E-state index contributed by atoms with van der Waals surface area (Å²) >= 11 is 0. The number of hydrogen-bond donors (Lipinski definition) is 1. The molecule has 0 bridgehead atoms. The van der Waals surface area contributed by atoms with Crippen LogP contribution < -0.4 is 5.32 Å². The number of nitrogens with one attached hydrogen (secondary N) is 1. The number of rotatable bonds is 5. The van der Waals surface area contributed by atoms with Crippen molar-refractivity contribution in [1.29, 1.82) is 0 Å². The lowest BCUT2D eigenvalue weighted by molar-refractivity contribution is -0.148. The zero-order valence-electron chi connectivity index (χ0n) is 10.7. The van der Waals surface area contributed by atoms with Crippen molar-refractivity contribution < 1.29 is 14.3 Å². The Balaban J connectivity index is 2.25. The summed E-state index contributed by atoms with van der Waals surface area (Å²) in [6.45, 7) is 7.37. The predicted octanol–water partition coefficient (Wildman–Crippen LogP) is 1.34. The lowest BCUT2D eigenvalue weighted by Crippen LogP contribution is -2.37. The second kappa shape index (κ2) is 5.64. The van der Waals surface area contributed by atoms with E-state index in [9.17, 15) is 4.79 Å². The molecule has 0 radical (unpaired) electrons. The normalized spacial score (nSPS) is 25.8. The molecule has 1 rings (SSSR count). The fourth-order valence-corrected chi connectivity index (χ4v) is 1.74. The van der Waals surface area contributed by atoms with Gasteiger partial charge in [-0.15, -0.1) is 0 Å². The first kappa shape index (κ1) is 13.5. The molecular formula is C12H23NO3. The van der Waals surface area contributed by atoms with Crippen LogP contribution in [-0.4, -0.2) is 37.9 Å². The second-order valence-electron chi connectivity index (χ2n) is 5.08. The Morgan fingerprint density at radius 1 is 1.50 bits per heavy atom. The molecule has 4 nitrogen and oxygen atoms in total. The predicted molar refractivity (Wildman–Crippen MR) is 62.2 cm³/mol. The lowest BCUT2D eigenvalue weighted by atomic mass is 10.0. The minimum Gasteiger partial charge on any atom is -0.464 e. The Morgan fingerprint density at radius 3 is 2.69 bits per heavy atom. The van der Waals surface area contributed by atoms with Gasteiger partial charge < -0.3 is 14.8 Å². The van der Waals surface area contributed by atoms with Crippen LogP contribution in [0.5, 0.6) is 0 Å². The molecule has 0 aromatic carbocycles. The molecule has 2 atom stereocenters. The third-order valence-corrected chi connectivity index (χ3v) is 3.29. The van der Waals surface area contributed by atoms with Crippen molar-refractivity contribution in [3.8, 4) is 0 Å². The molecule has 94 valence electrons. The Morgan fingerprint density at radius 2 is 2.19 bits per heavy atom. The molecule has 0 aliphatic carbocycles. The van der Waals surface area contributed by atoms with E-state index in [-0.39, 0.29) is 17.6 Å². The highest BCUT2D eigenvalue weighted by atomic mass is 16.5. The van der Waals surface area contributed by atoms with Crippen LogP contribution in [0.2, 0.25) is 0 Å². The van der Waals surface area contributed by atoms with Crippen LogP contribution in [0.3, 0.4) is 0 Å². The van der Waals surface area contributed by atoms with Crippen molar-refractivity contribution in [1.82, 2.24) is 5.32 Å². The van der Waals surface area contributed by atoms with E-state index >= 15 is 0 Å². The van der Waals surface area contributed by atoms with Gasteiger partial charge in [-0.25, -0.2) is 0 Å². The highest BCUT2D eigenvalue weighted by molar-refractivity contribution is 5.76. The van der Waals surface area contributed by atoms with E-state index in [2.05, 4.69) is 12.2 Å². The topological polar surface area (TPSA) is 47.6 Å². The SMILES string of the molecule is COC(C)(C)CCOC(=O)C1NCCC1C. The first-order chi connectivity index (χ1) is 7.46. The third-order valence-electron chi connectivity index (χ3n) is 3.29. The van der Waals surface area contributed by atoms with Gasteiger partial charge in [-0.2, -0.15) is 0 Å². The van der Waals surface area contributed by atoms with E-state index in [4.69, 9.17) is 9.47 Å². The minimum absolute atomic E-state index is 0.120. The van der Waals surface area contributed by atoms with Crippen LogP contribution in [0.25, 0.3) is 0 Å². The van der Waals surface area contributed by atoms with E-state index in [0.29, 0.717) is 12.5 Å². The largest absolute Gasteiger partial charge is 0.464 e. The van der Waals surface area contributed by atoms with E-state index in [1.54, 1.807) is 7.11 Å². The monoisotopic (exact) mass is 229 g/mol. The molecule has 4 heteroatoms. The van der Waals surface area contributed by atoms with E-state index in [1.807, 2.05) is 13.8 Å². The molecule has 0 aromatic heterocycles. The van der Waals surface area contributed by atoms with Gasteiger partial charge in [0.2, 0.25) is 0 Å². The van der Waals surface area contributed by atoms with Gasteiger partial charge in [0.05, 0.1) is 12.2 Å². The van der Waals surface area contributed by atoms with E-state index in [1.165, 1.54) is 0 Å². The molecule has 1 aliphatic rings. The van der Waals surface area contributed by atoms with Gasteiger partial charge in [0.1, 0.15) is 6.04 Å². The standard InChI is InChI=1S/C12H23NO3/c1-9-5-7-13-10(9)11(14)16-8-6-12(2,3)15-4/h9-10,13H,5-8H2,1-4H3. The van der Waals surface area contributed by atoms with Crippen molar-refractivity contribution in [3.63, 3.8) is 0 Å². The summed E-state index contributed by atoms with van der Waals surface area (Å²) in [5, 5.41) is 3.16. The molecule has 1 aliphatic heterocycles. The fourth-order valence-electron chi connectivity index (χ4n) is 1.74. The molecule has 1 heterocycles. The van der Waals surface area contributed by atoms with E-state index in [0.717, 1.165) is 19.4 Å². The Hall–Kier alpha value is -0.610. The van der Waals surface area contributed by atoms with Crippen LogP contribution in [0.15, 0.2) is 0 Å². The second-order valence-corrected chi connectivity index (χ2v) is 5.08. The molecule has 0 spiro atoms. The molecule has 1 saturated heterocycles. The maximum atomic E-state index is 11.7. The highest BCUT2D eigenvalue weighted by Crippen LogP contribution is 2.17. The number of esters is 1. The number of hydrogen-bond acceptors (Lipinski definition) is 4. The van der Waals surface area contributed by atoms with Crippen molar-refractivity contribution in [3.05, 3.63) is 0 Å². The van der Waals surface area contributed by atoms with Crippen LogP contribution in [-0.2, 0) is 14.3 Å². The first-order valence-electron chi connectivity index (χ1n) is 5.91. The quantitative estimate of drug-likeness (QED) is 0.723. The highest BCUT2D eigenvalue weighted by Gasteiger charge is 2.30. The Kier molecular flexibility index (Phi) is 4.74. The van der Waals surface area contributed by atoms with Crippen molar-refractivity contribution in [2.75, 3.05) is 20.3 Å². The Bertz CT molecular complexity index is 240. The van der Waals surface area contributed by atoms with Gasteiger partial charge in [0, 0.05) is 13.5 Å². The van der Waals surface area contributed by atoms with Crippen molar-refractivity contribution in [2.45, 2.75) is 45.3 Å².